The molecular weight excluding hydrogens is 654 g/mol. The number of nitrogens with one attached hydrogen (secondary N) is 3. The number of aryl methyl sites for hydroxylation is 2. The van der Waals surface area contributed by atoms with Gasteiger partial charge in [-0.15, -0.1) is 0 Å². The number of hydrogen-bond acceptors (Lipinski definition) is 6. The van der Waals surface area contributed by atoms with Gasteiger partial charge in [-0.1, -0.05) is 91.0 Å². The van der Waals surface area contributed by atoms with Crippen molar-refractivity contribution in [1.29, 1.82) is 5.26 Å². The third kappa shape index (κ3) is 10.7. The molecule has 0 bridgehead atoms. The highest BCUT2D eigenvalue weighted by Gasteiger charge is 2.34. The van der Waals surface area contributed by atoms with Gasteiger partial charge in [-0.2, -0.15) is 5.26 Å². The lowest BCUT2D eigenvalue weighted by molar-refractivity contribution is -0.127. The van der Waals surface area contributed by atoms with E-state index in [0.29, 0.717) is 43.7 Å². The minimum absolute atomic E-state index is 0.131. The molecule has 1 aliphatic rings. The second-order valence-corrected chi connectivity index (χ2v) is 13.4. The van der Waals surface area contributed by atoms with Crippen LogP contribution < -0.4 is 20.7 Å². The Morgan fingerprint density at radius 1 is 0.846 bits per heavy atom. The van der Waals surface area contributed by atoms with Gasteiger partial charge in [0.2, 0.25) is 5.91 Å². The predicted molar refractivity (Wildman–Crippen MR) is 200 cm³/mol. The number of para-hydroxylation sites is 1. The lowest BCUT2D eigenvalue weighted by Crippen LogP contribution is -2.58. The van der Waals surface area contributed by atoms with Crippen molar-refractivity contribution in [2.45, 2.75) is 70.2 Å². The predicted octanol–water partition coefficient (Wildman–Crippen LogP) is 4.79. The Morgan fingerprint density at radius 2 is 1.46 bits per heavy atom. The van der Waals surface area contributed by atoms with E-state index < -0.39 is 24.2 Å². The normalized spacial score (nSPS) is 15.0. The summed E-state index contributed by atoms with van der Waals surface area (Å²) in [5.74, 6) is -0.0635. The number of carbonyl (C=O) groups excluding carboxylic acids is 3. The zero-order valence-corrected chi connectivity index (χ0v) is 29.8. The maximum Gasteiger partial charge on any atom is 0.318 e. The first-order chi connectivity index (χ1) is 25.2. The largest absolute Gasteiger partial charge is 0.483 e. The van der Waals surface area contributed by atoms with E-state index in [2.05, 4.69) is 22.0 Å². The molecule has 5 rings (SSSR count). The van der Waals surface area contributed by atoms with Crippen LogP contribution in [0.2, 0.25) is 0 Å². The highest BCUT2D eigenvalue weighted by molar-refractivity contribution is 5.88. The molecule has 1 unspecified atom stereocenters. The minimum Gasteiger partial charge on any atom is -0.483 e. The van der Waals surface area contributed by atoms with Crippen LogP contribution in [0.3, 0.4) is 0 Å². The van der Waals surface area contributed by atoms with Crippen LogP contribution in [-0.2, 0) is 28.9 Å². The van der Waals surface area contributed by atoms with Crippen molar-refractivity contribution < 1.29 is 24.2 Å². The van der Waals surface area contributed by atoms with E-state index in [1.165, 1.54) is 0 Å². The van der Waals surface area contributed by atoms with Crippen molar-refractivity contribution in [1.82, 2.24) is 20.9 Å². The van der Waals surface area contributed by atoms with Gasteiger partial charge in [0.15, 0.2) is 6.61 Å². The Balaban J connectivity index is 1.36. The van der Waals surface area contributed by atoms with E-state index in [1.807, 2.05) is 92.7 Å². The maximum atomic E-state index is 14.3. The summed E-state index contributed by atoms with van der Waals surface area (Å²) in [6, 6.07) is 31.8. The molecule has 0 saturated carbocycles. The fraction of sp³-hybridized carbons (Fsp3) is 0.333. The van der Waals surface area contributed by atoms with E-state index in [-0.39, 0.29) is 37.3 Å². The summed E-state index contributed by atoms with van der Waals surface area (Å²) in [5, 5.41) is 30.2. The molecule has 1 fully saturated rings. The topological polar surface area (TPSA) is 144 Å². The van der Waals surface area contributed by atoms with Crippen LogP contribution in [0, 0.1) is 25.2 Å². The number of nitrogens with zero attached hydrogens (tertiary/aromatic N) is 2. The average Bonchev–Trinajstić information content (AvgIpc) is 3.14. The van der Waals surface area contributed by atoms with Crippen LogP contribution in [0.15, 0.2) is 103 Å². The molecule has 52 heavy (non-hydrogen) atoms. The van der Waals surface area contributed by atoms with Gasteiger partial charge in [-0.05, 0) is 79.5 Å². The molecule has 10 heteroatoms. The Labute approximate surface area is 305 Å². The van der Waals surface area contributed by atoms with E-state index >= 15 is 0 Å². The Morgan fingerprint density at radius 3 is 2.08 bits per heavy atom. The monoisotopic (exact) mass is 701 g/mol. The first-order valence-corrected chi connectivity index (χ1v) is 17.8. The van der Waals surface area contributed by atoms with Crippen LogP contribution in [0.1, 0.15) is 46.2 Å². The van der Waals surface area contributed by atoms with Gasteiger partial charge in [-0.25, -0.2) is 4.79 Å². The lowest BCUT2D eigenvalue weighted by Gasteiger charge is -2.35. The Bertz CT molecular complexity index is 1810. The fourth-order valence-electron chi connectivity index (χ4n) is 6.64. The van der Waals surface area contributed by atoms with E-state index in [9.17, 15) is 24.8 Å². The molecule has 0 aliphatic carbocycles. The molecule has 1 heterocycles. The molecule has 4 N–H and O–H groups in total. The summed E-state index contributed by atoms with van der Waals surface area (Å²) < 4.78 is 5.92. The number of aliphatic hydroxyl groups excluding tert-OH is 1. The minimum atomic E-state index is -1.05. The SMILES string of the molecule is Cc1cccc(C)c1OCC(=O)N[C@@H](Cc1ccccc1)[C@@H](O)C[C@H](Cc1ccccc1)NC(=O)C(Cc1ccc(C#N)cc1)N1CCCNC1=O. The molecule has 0 radical (unpaired) electrons. The summed E-state index contributed by atoms with van der Waals surface area (Å²) in [6.07, 6.45) is 0.807. The third-order valence-electron chi connectivity index (χ3n) is 9.37. The van der Waals surface area contributed by atoms with Crippen LogP contribution in [0.5, 0.6) is 5.75 Å². The number of amides is 4. The van der Waals surface area contributed by atoms with E-state index in [1.54, 1.807) is 29.2 Å². The fourth-order valence-corrected chi connectivity index (χ4v) is 6.64. The number of rotatable bonds is 16. The first-order valence-electron chi connectivity index (χ1n) is 17.8. The molecule has 1 aliphatic heterocycles. The average molecular weight is 702 g/mol. The van der Waals surface area contributed by atoms with Gasteiger partial charge in [-0.3, -0.25) is 9.59 Å². The zero-order chi connectivity index (χ0) is 36.9. The van der Waals surface area contributed by atoms with Gasteiger partial charge in [0.05, 0.1) is 23.8 Å². The Hall–Kier alpha value is -5.66. The smallest absolute Gasteiger partial charge is 0.318 e. The van der Waals surface area contributed by atoms with Crippen molar-refractivity contribution in [2.24, 2.45) is 0 Å². The quantitative estimate of drug-likeness (QED) is 0.132. The maximum absolute atomic E-state index is 14.3. The number of nitriles is 1. The molecule has 4 aromatic carbocycles. The lowest BCUT2D eigenvalue weighted by atomic mass is 9.93. The van der Waals surface area contributed by atoms with Crippen LogP contribution in [0.4, 0.5) is 4.79 Å². The van der Waals surface area contributed by atoms with Crippen molar-refractivity contribution in [2.75, 3.05) is 19.7 Å². The number of aliphatic hydroxyl groups is 1. The zero-order valence-electron chi connectivity index (χ0n) is 29.8. The van der Waals surface area contributed by atoms with E-state index in [4.69, 9.17) is 4.74 Å². The molecule has 0 spiro atoms. The highest BCUT2D eigenvalue weighted by atomic mass is 16.5. The van der Waals surface area contributed by atoms with E-state index in [0.717, 1.165) is 27.8 Å². The van der Waals surface area contributed by atoms with Gasteiger partial charge < -0.3 is 30.7 Å². The summed E-state index contributed by atoms with van der Waals surface area (Å²) in [4.78, 5) is 42.2. The van der Waals surface area contributed by atoms with Crippen LogP contribution >= 0.6 is 0 Å². The van der Waals surface area contributed by atoms with Crippen LogP contribution in [-0.4, -0.2) is 71.8 Å². The molecule has 4 aromatic rings. The summed E-state index contributed by atoms with van der Waals surface area (Å²) in [6.45, 7) is 4.59. The third-order valence-corrected chi connectivity index (χ3v) is 9.37. The number of urea groups is 1. The molecule has 4 atom stereocenters. The first kappa shape index (κ1) is 37.6. The number of hydrogen-bond donors (Lipinski definition) is 4. The van der Waals surface area contributed by atoms with Crippen LogP contribution in [0.25, 0.3) is 0 Å². The summed E-state index contributed by atoms with van der Waals surface area (Å²) in [7, 11) is 0. The summed E-state index contributed by atoms with van der Waals surface area (Å²) >= 11 is 0. The van der Waals surface area contributed by atoms with Crippen molar-refractivity contribution in [3.05, 3.63) is 137 Å². The van der Waals surface area contributed by atoms with Crippen molar-refractivity contribution in [3.63, 3.8) is 0 Å². The molecule has 4 amide bonds. The van der Waals surface area contributed by atoms with Gasteiger partial charge >= 0.3 is 6.03 Å². The molecule has 0 aromatic heterocycles. The molecule has 10 nitrogen and oxygen atoms in total. The number of benzene rings is 4. The second-order valence-electron chi connectivity index (χ2n) is 13.4. The van der Waals surface area contributed by atoms with Gasteiger partial charge in [0.1, 0.15) is 11.8 Å². The van der Waals surface area contributed by atoms with Crippen molar-refractivity contribution in [3.8, 4) is 11.8 Å². The molecule has 1 saturated heterocycles. The molecular formula is C42H47N5O5. The number of ether oxygens (including phenoxy) is 1. The second kappa shape index (κ2) is 18.5. The molecule has 270 valence electrons. The van der Waals surface area contributed by atoms with Gasteiger partial charge in [0, 0.05) is 25.6 Å². The standard InChI is InChI=1S/C42H47N5O5/c1-29-11-9-12-30(2)40(29)52-28-39(49)46-36(24-32-15-7-4-8-16-32)38(48)26-35(23-31-13-5-3-6-14-31)45-41(50)37(47-22-10-21-44-42(47)51)25-33-17-19-34(27-43)20-18-33/h3-9,11-20,35-38,48H,10,21-26,28H2,1-2H3,(H,44,51)(H,45,50)(H,46,49)/t35-,36-,37?,38-/m0/s1. The number of carbonyl (C=O) groups is 3. The summed E-state index contributed by atoms with van der Waals surface area (Å²) in [5.41, 5.74) is 5.06. The van der Waals surface area contributed by atoms with Gasteiger partial charge in [0.25, 0.3) is 5.91 Å². The van der Waals surface area contributed by atoms with Crippen molar-refractivity contribution >= 4 is 17.8 Å². The Kier molecular flexibility index (Phi) is 13.4. The highest BCUT2D eigenvalue weighted by Crippen LogP contribution is 2.22.